The Morgan fingerprint density at radius 3 is 2.80 bits per heavy atom. The van der Waals surface area contributed by atoms with Crippen molar-refractivity contribution in [3.05, 3.63) is 58.0 Å². The molecule has 20 heavy (non-hydrogen) atoms. The summed E-state index contributed by atoms with van der Waals surface area (Å²) in [5.74, 6) is 0.198. The lowest BCUT2D eigenvalue weighted by Crippen LogP contribution is -2.23. The minimum Gasteiger partial charge on any atom is -0.467 e. The average molecular weight is 275 g/mol. The summed E-state index contributed by atoms with van der Waals surface area (Å²) < 4.78 is 5.10. The van der Waals surface area contributed by atoms with Crippen molar-refractivity contribution < 1.29 is 14.1 Å². The molecule has 2 N–H and O–H groups in total. The number of nitrogens with zero attached hydrogens (tertiary/aromatic N) is 1. The van der Waals surface area contributed by atoms with Gasteiger partial charge in [-0.1, -0.05) is 0 Å². The van der Waals surface area contributed by atoms with Crippen LogP contribution in [0.3, 0.4) is 0 Å². The third-order valence-corrected chi connectivity index (χ3v) is 2.73. The highest BCUT2D eigenvalue weighted by Gasteiger charge is 2.16. The number of benzene rings is 1. The van der Waals surface area contributed by atoms with E-state index in [4.69, 9.17) is 4.42 Å². The van der Waals surface area contributed by atoms with E-state index in [1.807, 2.05) is 0 Å². The summed E-state index contributed by atoms with van der Waals surface area (Å²) in [7, 11) is 1.64. The van der Waals surface area contributed by atoms with Crippen LogP contribution in [0.25, 0.3) is 0 Å². The molecule has 0 radical (unpaired) electrons. The van der Waals surface area contributed by atoms with Crippen molar-refractivity contribution in [3.8, 4) is 0 Å². The molecule has 0 aliphatic heterocycles. The number of nitrogens with one attached hydrogen (secondary N) is 2. The number of non-ortho nitro benzene ring substituents is 1. The van der Waals surface area contributed by atoms with E-state index in [9.17, 15) is 14.9 Å². The fourth-order valence-electron chi connectivity index (χ4n) is 1.73. The second-order valence-electron chi connectivity index (χ2n) is 4.00. The van der Waals surface area contributed by atoms with Crippen LogP contribution in [0, 0.1) is 10.1 Å². The van der Waals surface area contributed by atoms with Gasteiger partial charge in [0.25, 0.3) is 11.6 Å². The molecule has 0 saturated carbocycles. The molecular formula is C13H13N3O4. The molecule has 0 aliphatic rings. The molecule has 1 heterocycles. The fourth-order valence-corrected chi connectivity index (χ4v) is 1.73. The van der Waals surface area contributed by atoms with Gasteiger partial charge in [0.15, 0.2) is 0 Å². The number of nitro groups is 1. The summed E-state index contributed by atoms with van der Waals surface area (Å²) in [4.78, 5) is 22.3. The van der Waals surface area contributed by atoms with E-state index in [1.54, 1.807) is 19.2 Å². The Morgan fingerprint density at radius 2 is 2.20 bits per heavy atom. The summed E-state index contributed by atoms with van der Waals surface area (Å²) in [6, 6.07) is 7.53. The predicted molar refractivity (Wildman–Crippen MR) is 72.5 cm³/mol. The fraction of sp³-hybridized carbons (Fsp3) is 0.154. The molecule has 0 saturated heterocycles. The number of anilines is 1. The van der Waals surface area contributed by atoms with Gasteiger partial charge < -0.3 is 15.1 Å². The van der Waals surface area contributed by atoms with E-state index in [1.165, 1.54) is 24.5 Å². The first-order valence-corrected chi connectivity index (χ1v) is 5.88. The Hall–Kier alpha value is -2.83. The highest BCUT2D eigenvalue weighted by atomic mass is 16.6. The van der Waals surface area contributed by atoms with Crippen LogP contribution in [0.4, 0.5) is 11.4 Å². The van der Waals surface area contributed by atoms with Crippen LogP contribution in [0.15, 0.2) is 41.0 Å². The number of hydrogen-bond acceptors (Lipinski definition) is 5. The molecule has 7 heteroatoms. The number of nitro benzene ring substituents is 1. The van der Waals surface area contributed by atoms with E-state index in [0.29, 0.717) is 11.4 Å². The predicted octanol–water partition coefficient (Wildman–Crippen LogP) is 2.16. The van der Waals surface area contributed by atoms with Crippen LogP contribution >= 0.6 is 0 Å². The Morgan fingerprint density at radius 1 is 1.40 bits per heavy atom. The number of carbonyl (C=O) groups is 1. The molecule has 1 aromatic heterocycles. The van der Waals surface area contributed by atoms with E-state index < -0.39 is 10.8 Å². The molecule has 0 atom stereocenters. The zero-order chi connectivity index (χ0) is 14.5. The number of carbonyl (C=O) groups excluding carboxylic acids is 1. The highest BCUT2D eigenvalue weighted by molar-refractivity contribution is 6.00. The molecule has 0 aliphatic carbocycles. The largest absolute Gasteiger partial charge is 0.467 e. The first-order chi connectivity index (χ1) is 9.61. The van der Waals surface area contributed by atoms with Crippen LogP contribution in [-0.4, -0.2) is 17.9 Å². The topological polar surface area (TPSA) is 97.4 Å². The van der Waals surface area contributed by atoms with Gasteiger partial charge in [0, 0.05) is 24.9 Å². The molecular weight excluding hydrogens is 262 g/mol. The van der Waals surface area contributed by atoms with Crippen LogP contribution in [0.5, 0.6) is 0 Å². The maximum atomic E-state index is 12.1. The van der Waals surface area contributed by atoms with Crippen molar-refractivity contribution in [2.75, 3.05) is 12.4 Å². The maximum Gasteiger partial charge on any atom is 0.270 e. The van der Waals surface area contributed by atoms with Crippen LogP contribution in [0.2, 0.25) is 0 Å². The van der Waals surface area contributed by atoms with Crippen LogP contribution in [0.1, 0.15) is 16.1 Å². The molecule has 2 rings (SSSR count). The minimum absolute atomic E-state index is 0.132. The molecule has 7 nitrogen and oxygen atoms in total. The Balaban J connectivity index is 2.18. The summed E-state index contributed by atoms with van der Waals surface area (Å²) in [6.45, 7) is 0.220. The van der Waals surface area contributed by atoms with Gasteiger partial charge in [-0.2, -0.15) is 0 Å². The third kappa shape index (κ3) is 2.94. The first-order valence-electron chi connectivity index (χ1n) is 5.88. The van der Waals surface area contributed by atoms with E-state index >= 15 is 0 Å². The third-order valence-electron chi connectivity index (χ3n) is 2.73. The van der Waals surface area contributed by atoms with Gasteiger partial charge in [0.1, 0.15) is 5.76 Å². The molecule has 1 aromatic carbocycles. The summed E-state index contributed by atoms with van der Waals surface area (Å²) in [5.41, 5.74) is 0.605. The molecule has 1 amide bonds. The second-order valence-corrected chi connectivity index (χ2v) is 4.00. The number of hydrogen-bond donors (Lipinski definition) is 2. The Bertz CT molecular complexity index is 623. The molecule has 0 bridgehead atoms. The van der Waals surface area contributed by atoms with Gasteiger partial charge in [-0.05, 0) is 18.2 Å². The summed E-state index contributed by atoms with van der Waals surface area (Å²) >= 11 is 0. The van der Waals surface area contributed by atoms with E-state index in [2.05, 4.69) is 10.6 Å². The quantitative estimate of drug-likeness (QED) is 0.643. The lowest BCUT2D eigenvalue weighted by Gasteiger charge is -2.09. The molecule has 104 valence electrons. The maximum absolute atomic E-state index is 12.1. The minimum atomic E-state index is -0.539. The normalized spacial score (nSPS) is 10.1. The molecule has 2 aromatic rings. The molecule has 0 spiro atoms. The van der Waals surface area contributed by atoms with Crippen molar-refractivity contribution >= 4 is 17.3 Å². The highest BCUT2D eigenvalue weighted by Crippen LogP contribution is 2.21. The lowest BCUT2D eigenvalue weighted by atomic mass is 10.1. The van der Waals surface area contributed by atoms with Gasteiger partial charge >= 0.3 is 0 Å². The number of amides is 1. The second kappa shape index (κ2) is 5.87. The van der Waals surface area contributed by atoms with E-state index in [-0.39, 0.29) is 17.8 Å². The smallest absolute Gasteiger partial charge is 0.270 e. The SMILES string of the molecule is CNc1ccc([N+](=O)[O-])cc1C(=O)NCc1ccco1. The van der Waals surface area contributed by atoms with Crippen molar-refractivity contribution in [2.45, 2.75) is 6.54 Å². The Labute approximate surface area is 114 Å². The van der Waals surface area contributed by atoms with Crippen molar-refractivity contribution in [2.24, 2.45) is 0 Å². The van der Waals surface area contributed by atoms with Gasteiger partial charge in [0.05, 0.1) is 23.3 Å². The van der Waals surface area contributed by atoms with Gasteiger partial charge in [-0.15, -0.1) is 0 Å². The van der Waals surface area contributed by atoms with Crippen molar-refractivity contribution in [3.63, 3.8) is 0 Å². The standard InChI is InChI=1S/C13H13N3O4/c1-14-12-5-4-9(16(18)19)7-11(12)13(17)15-8-10-3-2-6-20-10/h2-7,14H,8H2,1H3,(H,15,17). The number of rotatable bonds is 5. The zero-order valence-corrected chi connectivity index (χ0v) is 10.8. The van der Waals surface area contributed by atoms with Crippen LogP contribution in [-0.2, 0) is 6.54 Å². The number of furan rings is 1. The molecule has 0 unspecified atom stereocenters. The van der Waals surface area contributed by atoms with Crippen molar-refractivity contribution in [1.82, 2.24) is 5.32 Å². The molecule has 0 fully saturated rings. The van der Waals surface area contributed by atoms with Crippen molar-refractivity contribution in [1.29, 1.82) is 0 Å². The van der Waals surface area contributed by atoms with Gasteiger partial charge in [-0.25, -0.2) is 0 Å². The first kappa shape index (κ1) is 13.6. The van der Waals surface area contributed by atoms with Gasteiger partial charge in [0.2, 0.25) is 0 Å². The van der Waals surface area contributed by atoms with Crippen LogP contribution < -0.4 is 10.6 Å². The summed E-state index contributed by atoms with van der Waals surface area (Å²) in [6.07, 6.45) is 1.51. The average Bonchev–Trinajstić information content (AvgIpc) is 2.97. The van der Waals surface area contributed by atoms with Gasteiger partial charge in [-0.3, -0.25) is 14.9 Å². The monoisotopic (exact) mass is 275 g/mol. The Kier molecular flexibility index (Phi) is 3.99. The lowest BCUT2D eigenvalue weighted by molar-refractivity contribution is -0.384. The zero-order valence-electron chi connectivity index (χ0n) is 10.8. The van der Waals surface area contributed by atoms with E-state index in [0.717, 1.165) is 0 Å². The summed E-state index contributed by atoms with van der Waals surface area (Å²) in [5, 5.41) is 16.2.